The first-order chi connectivity index (χ1) is 9.61. The zero-order valence-corrected chi connectivity index (χ0v) is 12.3. The summed E-state index contributed by atoms with van der Waals surface area (Å²) in [5.74, 6) is 2.09. The highest BCUT2D eigenvalue weighted by Crippen LogP contribution is 2.35. The maximum absolute atomic E-state index is 6.09. The summed E-state index contributed by atoms with van der Waals surface area (Å²) >= 11 is 0. The van der Waals surface area contributed by atoms with Gasteiger partial charge in [-0.2, -0.15) is 0 Å². The number of nitrogen functional groups attached to an aromatic ring is 1. The Labute approximate surface area is 120 Å². The van der Waals surface area contributed by atoms with Crippen LogP contribution in [0.15, 0.2) is 36.4 Å². The molecule has 0 fully saturated rings. The molecule has 0 aromatic heterocycles. The largest absolute Gasteiger partial charge is 0.491 e. The van der Waals surface area contributed by atoms with Crippen LogP contribution in [0.25, 0.3) is 0 Å². The van der Waals surface area contributed by atoms with Gasteiger partial charge in [0.1, 0.15) is 17.2 Å². The van der Waals surface area contributed by atoms with Crippen LogP contribution in [0.5, 0.6) is 17.2 Å². The fourth-order valence-electron chi connectivity index (χ4n) is 1.86. The van der Waals surface area contributed by atoms with E-state index in [1.54, 1.807) is 0 Å². The van der Waals surface area contributed by atoms with Gasteiger partial charge in [-0.1, -0.05) is 19.1 Å². The van der Waals surface area contributed by atoms with Gasteiger partial charge in [-0.05, 0) is 55.7 Å². The van der Waals surface area contributed by atoms with E-state index in [1.165, 1.54) is 11.1 Å². The van der Waals surface area contributed by atoms with Crippen molar-refractivity contribution in [3.05, 3.63) is 47.5 Å². The predicted octanol–water partition coefficient (Wildman–Crippen LogP) is 4.47. The third-order valence-corrected chi connectivity index (χ3v) is 3.19. The van der Waals surface area contributed by atoms with Crippen molar-refractivity contribution in [1.29, 1.82) is 0 Å². The van der Waals surface area contributed by atoms with Crippen LogP contribution >= 0.6 is 0 Å². The summed E-state index contributed by atoms with van der Waals surface area (Å²) in [5.41, 5.74) is 9.07. The Morgan fingerprint density at radius 1 is 1.00 bits per heavy atom. The number of hydrogen-bond donors (Lipinski definition) is 1. The number of ether oxygens (including phenoxy) is 2. The predicted molar refractivity (Wildman–Crippen MR) is 82.6 cm³/mol. The first-order valence-corrected chi connectivity index (χ1v) is 6.88. The SMILES string of the molecule is CCCOc1cccc(Oc2ccc(C)c(C)c2)c1N. The van der Waals surface area contributed by atoms with Crippen LogP contribution in [0.3, 0.4) is 0 Å². The lowest BCUT2D eigenvalue weighted by molar-refractivity contribution is 0.318. The Morgan fingerprint density at radius 3 is 2.45 bits per heavy atom. The number of aryl methyl sites for hydroxylation is 2. The molecule has 0 aliphatic rings. The van der Waals surface area contributed by atoms with E-state index in [2.05, 4.69) is 20.8 Å². The van der Waals surface area contributed by atoms with Crippen LogP contribution in [0.4, 0.5) is 5.69 Å². The average Bonchev–Trinajstić information content (AvgIpc) is 2.44. The fraction of sp³-hybridized carbons (Fsp3) is 0.294. The lowest BCUT2D eigenvalue weighted by atomic mass is 10.1. The van der Waals surface area contributed by atoms with Gasteiger partial charge in [-0.25, -0.2) is 0 Å². The van der Waals surface area contributed by atoms with Crippen LogP contribution in [-0.2, 0) is 0 Å². The van der Waals surface area contributed by atoms with Crippen molar-refractivity contribution in [2.45, 2.75) is 27.2 Å². The van der Waals surface area contributed by atoms with Gasteiger partial charge in [-0.3, -0.25) is 0 Å². The molecule has 2 rings (SSSR count). The highest BCUT2D eigenvalue weighted by molar-refractivity contribution is 5.63. The molecule has 106 valence electrons. The van der Waals surface area contributed by atoms with E-state index in [0.29, 0.717) is 23.8 Å². The molecule has 2 aromatic rings. The monoisotopic (exact) mass is 271 g/mol. The average molecular weight is 271 g/mol. The molecule has 3 nitrogen and oxygen atoms in total. The second-order valence-electron chi connectivity index (χ2n) is 4.86. The van der Waals surface area contributed by atoms with Crippen molar-refractivity contribution in [2.24, 2.45) is 0 Å². The molecule has 0 bridgehead atoms. The molecular formula is C17H21NO2. The summed E-state index contributed by atoms with van der Waals surface area (Å²) < 4.78 is 11.5. The van der Waals surface area contributed by atoms with Gasteiger partial charge in [0, 0.05) is 0 Å². The van der Waals surface area contributed by atoms with Crippen molar-refractivity contribution in [2.75, 3.05) is 12.3 Å². The van der Waals surface area contributed by atoms with Crippen LogP contribution in [-0.4, -0.2) is 6.61 Å². The van der Waals surface area contributed by atoms with E-state index in [-0.39, 0.29) is 0 Å². The summed E-state index contributed by atoms with van der Waals surface area (Å²) in [4.78, 5) is 0. The molecule has 0 aliphatic carbocycles. The van der Waals surface area contributed by atoms with Gasteiger partial charge in [0.15, 0.2) is 5.75 Å². The second kappa shape index (κ2) is 6.33. The van der Waals surface area contributed by atoms with Gasteiger partial charge in [-0.15, -0.1) is 0 Å². The Morgan fingerprint density at radius 2 is 1.75 bits per heavy atom. The topological polar surface area (TPSA) is 44.5 Å². The molecule has 2 N–H and O–H groups in total. The van der Waals surface area contributed by atoms with Gasteiger partial charge >= 0.3 is 0 Å². The number of benzene rings is 2. The second-order valence-corrected chi connectivity index (χ2v) is 4.86. The lowest BCUT2D eigenvalue weighted by Crippen LogP contribution is -2.00. The molecule has 20 heavy (non-hydrogen) atoms. The first kappa shape index (κ1) is 14.3. The Hall–Kier alpha value is -2.16. The van der Waals surface area contributed by atoms with E-state index < -0.39 is 0 Å². The molecule has 2 aromatic carbocycles. The molecule has 0 saturated carbocycles. The molecule has 0 amide bonds. The molecule has 0 heterocycles. The maximum Gasteiger partial charge on any atom is 0.154 e. The molecular weight excluding hydrogens is 250 g/mol. The Balaban J connectivity index is 2.22. The van der Waals surface area contributed by atoms with E-state index in [9.17, 15) is 0 Å². The normalized spacial score (nSPS) is 10.3. The summed E-state index contributed by atoms with van der Waals surface area (Å²) in [6.45, 7) is 6.85. The maximum atomic E-state index is 6.09. The van der Waals surface area contributed by atoms with Gasteiger partial charge in [0.25, 0.3) is 0 Å². The quantitative estimate of drug-likeness (QED) is 0.816. The molecule has 0 unspecified atom stereocenters. The van der Waals surface area contributed by atoms with Crippen LogP contribution < -0.4 is 15.2 Å². The number of para-hydroxylation sites is 1. The van der Waals surface area contributed by atoms with Crippen molar-refractivity contribution < 1.29 is 9.47 Å². The summed E-state index contributed by atoms with van der Waals surface area (Å²) in [6, 6.07) is 11.6. The number of hydrogen-bond acceptors (Lipinski definition) is 3. The molecule has 0 saturated heterocycles. The van der Waals surface area contributed by atoms with Crippen LogP contribution in [0.2, 0.25) is 0 Å². The highest BCUT2D eigenvalue weighted by atomic mass is 16.5. The van der Waals surface area contributed by atoms with E-state index in [1.807, 2.05) is 36.4 Å². The van der Waals surface area contributed by atoms with Gasteiger partial charge in [0.05, 0.1) is 6.61 Å². The molecule has 0 radical (unpaired) electrons. The third kappa shape index (κ3) is 3.23. The Kier molecular flexibility index (Phi) is 4.51. The van der Waals surface area contributed by atoms with Crippen molar-refractivity contribution >= 4 is 5.69 Å². The number of anilines is 1. The summed E-state index contributed by atoms with van der Waals surface area (Å²) in [6.07, 6.45) is 0.946. The van der Waals surface area contributed by atoms with E-state index in [0.717, 1.165) is 12.2 Å². The first-order valence-electron chi connectivity index (χ1n) is 6.88. The molecule has 0 spiro atoms. The lowest BCUT2D eigenvalue weighted by Gasteiger charge is -2.13. The zero-order chi connectivity index (χ0) is 14.5. The number of rotatable bonds is 5. The minimum absolute atomic E-state index is 0.541. The standard InChI is InChI=1S/C17H21NO2/c1-4-10-19-15-6-5-7-16(17(15)18)20-14-9-8-12(2)13(3)11-14/h5-9,11H,4,10,18H2,1-3H3. The van der Waals surface area contributed by atoms with Crippen molar-refractivity contribution in [3.8, 4) is 17.2 Å². The smallest absolute Gasteiger partial charge is 0.154 e. The Bertz CT molecular complexity index is 594. The van der Waals surface area contributed by atoms with Crippen molar-refractivity contribution in [3.63, 3.8) is 0 Å². The van der Waals surface area contributed by atoms with Crippen LogP contribution in [0.1, 0.15) is 24.5 Å². The summed E-state index contributed by atoms with van der Waals surface area (Å²) in [5, 5.41) is 0. The zero-order valence-electron chi connectivity index (χ0n) is 12.3. The fourth-order valence-corrected chi connectivity index (χ4v) is 1.86. The molecule has 0 aliphatic heterocycles. The van der Waals surface area contributed by atoms with Crippen LogP contribution in [0, 0.1) is 13.8 Å². The van der Waals surface area contributed by atoms with E-state index in [4.69, 9.17) is 15.2 Å². The third-order valence-electron chi connectivity index (χ3n) is 3.19. The molecule has 0 atom stereocenters. The minimum Gasteiger partial charge on any atom is -0.491 e. The minimum atomic E-state index is 0.541. The molecule has 3 heteroatoms. The van der Waals surface area contributed by atoms with Gasteiger partial charge < -0.3 is 15.2 Å². The van der Waals surface area contributed by atoms with Gasteiger partial charge in [0.2, 0.25) is 0 Å². The summed E-state index contributed by atoms with van der Waals surface area (Å²) in [7, 11) is 0. The number of nitrogens with two attached hydrogens (primary N) is 1. The van der Waals surface area contributed by atoms with Crippen molar-refractivity contribution in [1.82, 2.24) is 0 Å². The highest BCUT2D eigenvalue weighted by Gasteiger charge is 2.08. The van der Waals surface area contributed by atoms with E-state index >= 15 is 0 Å².